The van der Waals surface area contributed by atoms with E-state index in [2.05, 4.69) is 32.2 Å². The van der Waals surface area contributed by atoms with Crippen LogP contribution in [0.25, 0.3) is 0 Å². The summed E-state index contributed by atoms with van der Waals surface area (Å²) >= 11 is 1.47. The number of aromatic nitrogens is 3. The van der Waals surface area contributed by atoms with Crippen molar-refractivity contribution >= 4 is 17.7 Å². The van der Waals surface area contributed by atoms with E-state index < -0.39 is 0 Å². The summed E-state index contributed by atoms with van der Waals surface area (Å²) < 4.78 is 7.45. The van der Waals surface area contributed by atoms with Crippen LogP contribution >= 0.6 is 11.8 Å². The molecule has 0 bridgehead atoms. The summed E-state index contributed by atoms with van der Waals surface area (Å²) in [6.45, 7) is 0.736. The lowest BCUT2D eigenvalue weighted by Crippen LogP contribution is -2.31. The highest BCUT2D eigenvalue weighted by Crippen LogP contribution is 2.42. The second-order valence-corrected chi connectivity index (χ2v) is 9.57. The third kappa shape index (κ3) is 4.99. The van der Waals surface area contributed by atoms with E-state index in [1.807, 2.05) is 42.5 Å². The quantitative estimate of drug-likeness (QED) is 0.460. The predicted molar refractivity (Wildman–Crippen MR) is 125 cm³/mol. The highest BCUT2D eigenvalue weighted by molar-refractivity contribution is 7.99. The van der Waals surface area contributed by atoms with E-state index in [9.17, 15) is 4.79 Å². The maximum absolute atomic E-state index is 12.9. The Bertz CT molecular complexity index is 1060. The summed E-state index contributed by atoms with van der Waals surface area (Å²) in [4.78, 5) is 12.9. The van der Waals surface area contributed by atoms with Crippen LogP contribution in [-0.2, 0) is 11.3 Å². The maximum atomic E-state index is 12.9. The number of carbonyl (C=O) groups is 1. The summed E-state index contributed by atoms with van der Waals surface area (Å²) in [5, 5.41) is 13.0. The van der Waals surface area contributed by atoms with Crippen LogP contribution in [-0.4, -0.2) is 33.5 Å². The number of hydrogen-bond acceptors (Lipinski definition) is 5. The summed E-state index contributed by atoms with van der Waals surface area (Å²) in [6.07, 6.45) is 4.65. The lowest BCUT2D eigenvalue weighted by Gasteiger charge is -2.19. The number of hydrogen-bond donors (Lipinski definition) is 1. The van der Waals surface area contributed by atoms with Gasteiger partial charge in [-0.25, -0.2) is 0 Å². The Balaban J connectivity index is 1.25. The summed E-state index contributed by atoms with van der Waals surface area (Å²) in [7, 11) is 1.66. The molecule has 2 fully saturated rings. The monoisotopic (exact) mass is 448 g/mol. The normalized spacial score (nSPS) is 16.5. The number of carbonyl (C=O) groups excluding carboxylic acids is 1. The van der Waals surface area contributed by atoms with Gasteiger partial charge in [0.2, 0.25) is 5.91 Å². The maximum Gasteiger partial charge on any atom is 0.230 e. The van der Waals surface area contributed by atoms with Crippen molar-refractivity contribution in [2.45, 2.75) is 49.3 Å². The highest BCUT2D eigenvalue weighted by atomic mass is 32.2. The minimum atomic E-state index is 0.0324. The first-order valence-corrected chi connectivity index (χ1v) is 12.2. The van der Waals surface area contributed by atoms with Gasteiger partial charge in [0.1, 0.15) is 11.6 Å². The molecule has 6 nitrogen and oxygen atoms in total. The van der Waals surface area contributed by atoms with Crippen LogP contribution in [0.4, 0.5) is 0 Å². The van der Waals surface area contributed by atoms with E-state index in [1.165, 1.54) is 30.2 Å². The number of ether oxygens (including phenoxy) is 1. The average Bonchev–Trinajstić information content (AvgIpc) is 3.76. The molecule has 1 N–H and O–H groups in total. The number of nitrogens with one attached hydrogen (secondary N) is 1. The number of benzene rings is 2. The fourth-order valence-corrected chi connectivity index (χ4v) is 4.78. The Hall–Kier alpha value is -2.80. The fourth-order valence-electron chi connectivity index (χ4n) is 4.02. The van der Waals surface area contributed by atoms with Crippen molar-refractivity contribution < 1.29 is 9.53 Å². The van der Waals surface area contributed by atoms with Crippen LogP contribution in [0.15, 0.2) is 59.8 Å². The van der Waals surface area contributed by atoms with Crippen LogP contribution in [0.3, 0.4) is 0 Å². The molecule has 2 aliphatic rings. The average molecular weight is 449 g/mol. The first-order chi connectivity index (χ1) is 15.7. The topological polar surface area (TPSA) is 69.0 Å². The third-order valence-electron chi connectivity index (χ3n) is 6.09. The van der Waals surface area contributed by atoms with Crippen molar-refractivity contribution in [1.82, 2.24) is 20.1 Å². The molecule has 2 aromatic carbocycles. The number of methoxy groups -OCH3 is 1. The number of amides is 1. The van der Waals surface area contributed by atoms with E-state index in [1.54, 1.807) is 7.11 Å². The minimum absolute atomic E-state index is 0.0324. The van der Waals surface area contributed by atoms with Gasteiger partial charge in [0.05, 0.1) is 25.4 Å². The van der Waals surface area contributed by atoms with Gasteiger partial charge in [0.15, 0.2) is 5.16 Å². The Morgan fingerprint density at radius 2 is 1.84 bits per heavy atom. The summed E-state index contributed by atoms with van der Waals surface area (Å²) in [5.74, 6) is 3.26. The molecule has 1 aromatic heterocycles. The molecule has 2 aliphatic carbocycles. The van der Waals surface area contributed by atoms with Gasteiger partial charge in [-0.1, -0.05) is 54.2 Å². The van der Waals surface area contributed by atoms with E-state index >= 15 is 0 Å². The molecule has 1 heterocycles. The van der Waals surface area contributed by atoms with E-state index in [4.69, 9.17) is 4.74 Å². The number of thioether (sulfide) groups is 1. The minimum Gasteiger partial charge on any atom is -0.497 e. The Morgan fingerprint density at radius 3 is 2.50 bits per heavy atom. The van der Waals surface area contributed by atoms with Crippen LogP contribution in [0.5, 0.6) is 5.75 Å². The predicted octanol–water partition coefficient (Wildman–Crippen LogP) is 4.57. The zero-order valence-corrected chi connectivity index (χ0v) is 19.1. The number of nitrogens with zero attached hydrogens (tertiary/aromatic N) is 3. The molecular weight excluding hydrogens is 420 g/mol. The molecule has 0 saturated heterocycles. The van der Waals surface area contributed by atoms with Crippen molar-refractivity contribution in [3.8, 4) is 5.75 Å². The molecule has 0 aliphatic heterocycles. The zero-order chi connectivity index (χ0) is 21.9. The molecule has 1 amide bonds. The number of rotatable bonds is 10. The Kier molecular flexibility index (Phi) is 6.17. The molecule has 5 rings (SSSR count). The molecule has 1 unspecified atom stereocenters. The molecular formula is C25H28N4O2S. The van der Waals surface area contributed by atoms with Gasteiger partial charge in [-0.05, 0) is 54.9 Å². The van der Waals surface area contributed by atoms with Crippen molar-refractivity contribution in [3.05, 3.63) is 71.5 Å². The van der Waals surface area contributed by atoms with Crippen molar-refractivity contribution in [2.75, 3.05) is 12.9 Å². The Morgan fingerprint density at radius 1 is 1.09 bits per heavy atom. The van der Waals surface area contributed by atoms with Crippen LogP contribution in [0, 0.1) is 5.92 Å². The molecule has 32 heavy (non-hydrogen) atoms. The van der Waals surface area contributed by atoms with Crippen LogP contribution in [0.2, 0.25) is 0 Å². The third-order valence-corrected chi connectivity index (χ3v) is 7.06. The largest absolute Gasteiger partial charge is 0.497 e. The summed E-state index contributed by atoms with van der Waals surface area (Å²) in [5.41, 5.74) is 2.35. The van der Waals surface area contributed by atoms with Gasteiger partial charge in [0, 0.05) is 5.92 Å². The van der Waals surface area contributed by atoms with Crippen LogP contribution in [0.1, 0.15) is 54.6 Å². The molecule has 0 radical (unpaired) electrons. The smallest absolute Gasteiger partial charge is 0.230 e. The van der Waals surface area contributed by atoms with Crippen LogP contribution < -0.4 is 10.1 Å². The fraction of sp³-hybridized carbons (Fsp3) is 0.400. The standard InChI is InChI=1S/C25H28N4O2S/c1-31-21-13-11-19(12-14-21)23(18-7-8-18)26-22(30)16-32-25-28-27-24(20-9-10-20)29(25)15-17-5-3-2-4-6-17/h2-6,11-14,18,20,23H,7-10,15-16H2,1H3,(H,26,30). The highest BCUT2D eigenvalue weighted by Gasteiger charge is 2.34. The first-order valence-electron chi connectivity index (χ1n) is 11.2. The van der Waals surface area contributed by atoms with E-state index in [-0.39, 0.29) is 11.9 Å². The van der Waals surface area contributed by atoms with E-state index in [0.29, 0.717) is 17.6 Å². The molecule has 166 valence electrons. The van der Waals surface area contributed by atoms with E-state index in [0.717, 1.165) is 41.7 Å². The van der Waals surface area contributed by atoms with Gasteiger partial charge >= 0.3 is 0 Å². The van der Waals surface area contributed by atoms with Crippen molar-refractivity contribution in [1.29, 1.82) is 0 Å². The van der Waals surface area contributed by atoms with Gasteiger partial charge in [-0.2, -0.15) is 0 Å². The van der Waals surface area contributed by atoms with Gasteiger partial charge < -0.3 is 14.6 Å². The molecule has 7 heteroatoms. The lowest BCUT2D eigenvalue weighted by atomic mass is 10.0. The molecule has 1 atom stereocenters. The second kappa shape index (κ2) is 9.36. The summed E-state index contributed by atoms with van der Waals surface area (Å²) in [6, 6.07) is 18.4. The van der Waals surface area contributed by atoms with Gasteiger partial charge in [-0.15, -0.1) is 10.2 Å². The van der Waals surface area contributed by atoms with Crippen molar-refractivity contribution in [2.24, 2.45) is 5.92 Å². The SMILES string of the molecule is COc1ccc(C(NC(=O)CSc2nnc(C3CC3)n2Cc2ccccc2)C2CC2)cc1. The molecule has 3 aromatic rings. The van der Waals surface area contributed by atoms with Crippen molar-refractivity contribution in [3.63, 3.8) is 0 Å². The second-order valence-electron chi connectivity index (χ2n) is 8.63. The first kappa shape index (κ1) is 21.1. The van der Waals surface area contributed by atoms with Gasteiger partial charge in [-0.3, -0.25) is 4.79 Å². The Labute approximate surface area is 192 Å². The molecule has 0 spiro atoms. The molecule has 2 saturated carbocycles. The van der Waals surface area contributed by atoms with Gasteiger partial charge in [0.25, 0.3) is 0 Å². The zero-order valence-electron chi connectivity index (χ0n) is 18.2. The lowest BCUT2D eigenvalue weighted by molar-refractivity contribution is -0.119.